The molecule has 3 rings (SSSR count). The van der Waals surface area contributed by atoms with Crippen molar-refractivity contribution in [1.82, 2.24) is 20.2 Å². The molecular weight excluding hydrogens is 278 g/mol. The van der Waals surface area contributed by atoms with E-state index in [0.29, 0.717) is 17.9 Å². The van der Waals surface area contributed by atoms with Gasteiger partial charge < -0.3 is 4.74 Å². The monoisotopic (exact) mass is 291 g/mol. The van der Waals surface area contributed by atoms with E-state index < -0.39 is 0 Å². The Morgan fingerprint density at radius 3 is 2.45 bits per heavy atom. The third-order valence-corrected chi connectivity index (χ3v) is 3.30. The lowest BCUT2D eigenvalue weighted by Gasteiger charge is -2.06. The third-order valence-electron chi connectivity index (χ3n) is 3.30. The summed E-state index contributed by atoms with van der Waals surface area (Å²) in [6.45, 7) is 0.542. The van der Waals surface area contributed by atoms with Gasteiger partial charge in [0.1, 0.15) is 5.75 Å². The van der Waals surface area contributed by atoms with Crippen LogP contribution in [-0.4, -0.2) is 27.3 Å². The quantitative estimate of drug-likeness (QED) is 0.737. The van der Waals surface area contributed by atoms with Crippen molar-refractivity contribution in [1.29, 1.82) is 5.26 Å². The van der Waals surface area contributed by atoms with Crippen molar-refractivity contribution >= 4 is 0 Å². The van der Waals surface area contributed by atoms with Crippen LogP contribution in [0.2, 0.25) is 0 Å². The molecule has 0 fully saturated rings. The predicted octanol–water partition coefficient (Wildman–Crippen LogP) is 2.27. The molecule has 6 heteroatoms. The zero-order chi connectivity index (χ0) is 15.4. The normalized spacial score (nSPS) is 10.2. The Bertz CT molecular complexity index is 800. The second-order valence-electron chi connectivity index (χ2n) is 4.70. The van der Waals surface area contributed by atoms with Gasteiger partial charge in [-0.05, 0) is 52.4 Å². The summed E-state index contributed by atoms with van der Waals surface area (Å²) in [6.07, 6.45) is 0. The largest absolute Gasteiger partial charge is 0.497 e. The van der Waals surface area contributed by atoms with Crippen molar-refractivity contribution < 1.29 is 4.74 Å². The molecule has 3 aromatic rings. The molecule has 6 nitrogen and oxygen atoms in total. The molecule has 0 amide bonds. The first-order chi connectivity index (χ1) is 10.8. The number of hydrogen-bond acceptors (Lipinski definition) is 5. The second-order valence-corrected chi connectivity index (χ2v) is 4.70. The summed E-state index contributed by atoms with van der Waals surface area (Å²) in [5, 5.41) is 20.7. The van der Waals surface area contributed by atoms with Crippen molar-refractivity contribution in [2.24, 2.45) is 0 Å². The highest BCUT2D eigenvalue weighted by Gasteiger charge is 2.09. The van der Waals surface area contributed by atoms with Gasteiger partial charge in [0.2, 0.25) is 0 Å². The zero-order valence-electron chi connectivity index (χ0n) is 12.0. The Hall–Kier alpha value is -3.20. The summed E-state index contributed by atoms with van der Waals surface area (Å²) in [7, 11) is 1.63. The van der Waals surface area contributed by atoms with Crippen LogP contribution in [0.1, 0.15) is 11.1 Å². The Labute approximate surface area is 127 Å². The molecule has 0 bridgehead atoms. The molecule has 0 aliphatic rings. The van der Waals surface area contributed by atoms with Crippen molar-refractivity contribution in [2.75, 3.05) is 7.11 Å². The minimum atomic E-state index is 0.542. The van der Waals surface area contributed by atoms with Gasteiger partial charge in [-0.2, -0.15) is 5.26 Å². The lowest BCUT2D eigenvalue weighted by molar-refractivity contribution is 0.415. The standard InChI is InChI=1S/C16H13N5O/c1-22-15-8-6-14(7-9-15)16-18-19-20-21(16)11-13-4-2-12(10-17)3-5-13/h2-9H,11H2,1H3. The number of nitrogens with zero attached hydrogens (tertiary/aromatic N) is 5. The fourth-order valence-corrected chi connectivity index (χ4v) is 2.12. The number of ether oxygens (including phenoxy) is 1. The van der Waals surface area contributed by atoms with Crippen LogP contribution in [-0.2, 0) is 6.54 Å². The van der Waals surface area contributed by atoms with Gasteiger partial charge in [-0.15, -0.1) is 5.10 Å². The van der Waals surface area contributed by atoms with Crippen LogP contribution in [0.15, 0.2) is 48.5 Å². The highest BCUT2D eigenvalue weighted by Crippen LogP contribution is 2.20. The zero-order valence-corrected chi connectivity index (χ0v) is 12.0. The average molecular weight is 291 g/mol. The number of benzene rings is 2. The number of tetrazole rings is 1. The minimum Gasteiger partial charge on any atom is -0.497 e. The number of aromatic nitrogens is 4. The highest BCUT2D eigenvalue weighted by molar-refractivity contribution is 5.56. The smallest absolute Gasteiger partial charge is 0.182 e. The number of hydrogen-bond donors (Lipinski definition) is 0. The van der Waals surface area contributed by atoms with Crippen LogP contribution >= 0.6 is 0 Å². The SMILES string of the molecule is COc1ccc(-c2nnnn2Cc2ccc(C#N)cc2)cc1. The molecule has 108 valence electrons. The number of methoxy groups -OCH3 is 1. The van der Waals surface area contributed by atoms with E-state index in [-0.39, 0.29) is 0 Å². The maximum absolute atomic E-state index is 8.82. The fourth-order valence-electron chi connectivity index (χ4n) is 2.12. The fraction of sp³-hybridized carbons (Fsp3) is 0.125. The van der Waals surface area contributed by atoms with Crippen LogP contribution < -0.4 is 4.74 Å². The van der Waals surface area contributed by atoms with Gasteiger partial charge >= 0.3 is 0 Å². The summed E-state index contributed by atoms with van der Waals surface area (Å²) in [4.78, 5) is 0. The number of rotatable bonds is 4. The molecule has 0 saturated carbocycles. The van der Waals surface area contributed by atoms with E-state index in [1.807, 2.05) is 36.4 Å². The van der Waals surface area contributed by atoms with Crippen LogP contribution in [0, 0.1) is 11.3 Å². The lowest BCUT2D eigenvalue weighted by Crippen LogP contribution is -2.04. The first kappa shape index (κ1) is 13.8. The Morgan fingerprint density at radius 2 is 1.82 bits per heavy atom. The van der Waals surface area contributed by atoms with Gasteiger partial charge in [-0.3, -0.25) is 0 Å². The Kier molecular flexibility index (Phi) is 3.79. The van der Waals surface area contributed by atoms with E-state index in [4.69, 9.17) is 10.00 Å². The molecule has 0 spiro atoms. The van der Waals surface area contributed by atoms with E-state index in [2.05, 4.69) is 21.6 Å². The van der Waals surface area contributed by atoms with Crippen LogP contribution in [0.4, 0.5) is 0 Å². The van der Waals surface area contributed by atoms with Crippen LogP contribution in [0.25, 0.3) is 11.4 Å². The van der Waals surface area contributed by atoms with Gasteiger partial charge in [0.15, 0.2) is 5.82 Å². The van der Waals surface area contributed by atoms with E-state index in [9.17, 15) is 0 Å². The molecule has 2 aromatic carbocycles. The van der Waals surface area contributed by atoms with Crippen molar-refractivity contribution in [3.05, 3.63) is 59.7 Å². The highest BCUT2D eigenvalue weighted by atomic mass is 16.5. The van der Waals surface area contributed by atoms with E-state index in [0.717, 1.165) is 16.9 Å². The molecule has 0 aliphatic carbocycles. The molecule has 0 atom stereocenters. The van der Waals surface area contributed by atoms with Gasteiger partial charge in [0, 0.05) is 5.56 Å². The van der Waals surface area contributed by atoms with E-state index >= 15 is 0 Å². The maximum Gasteiger partial charge on any atom is 0.182 e. The minimum absolute atomic E-state index is 0.542. The molecule has 22 heavy (non-hydrogen) atoms. The molecule has 0 N–H and O–H groups in total. The first-order valence-electron chi connectivity index (χ1n) is 6.70. The van der Waals surface area contributed by atoms with Crippen molar-refractivity contribution in [3.63, 3.8) is 0 Å². The van der Waals surface area contributed by atoms with Crippen LogP contribution in [0.5, 0.6) is 5.75 Å². The van der Waals surface area contributed by atoms with Gasteiger partial charge in [-0.25, -0.2) is 4.68 Å². The molecule has 0 radical (unpaired) electrons. The second kappa shape index (κ2) is 6.06. The third kappa shape index (κ3) is 2.79. The predicted molar refractivity (Wildman–Crippen MR) is 80.1 cm³/mol. The summed E-state index contributed by atoms with van der Waals surface area (Å²) in [5.41, 5.74) is 2.58. The molecule has 1 heterocycles. The van der Waals surface area contributed by atoms with Crippen molar-refractivity contribution in [2.45, 2.75) is 6.54 Å². The topological polar surface area (TPSA) is 76.6 Å². The van der Waals surface area contributed by atoms with Gasteiger partial charge in [0.05, 0.1) is 25.3 Å². The summed E-state index contributed by atoms with van der Waals surface area (Å²) < 4.78 is 6.87. The first-order valence-corrected chi connectivity index (χ1v) is 6.70. The van der Waals surface area contributed by atoms with Crippen LogP contribution in [0.3, 0.4) is 0 Å². The summed E-state index contributed by atoms with van der Waals surface area (Å²) in [5.74, 6) is 1.47. The average Bonchev–Trinajstić information content (AvgIpc) is 3.04. The molecule has 1 aromatic heterocycles. The Balaban J connectivity index is 1.86. The summed E-state index contributed by atoms with van der Waals surface area (Å²) >= 11 is 0. The molecule has 0 aliphatic heterocycles. The van der Waals surface area contributed by atoms with E-state index in [1.54, 1.807) is 23.9 Å². The van der Waals surface area contributed by atoms with Gasteiger partial charge in [0.25, 0.3) is 0 Å². The van der Waals surface area contributed by atoms with Crippen molar-refractivity contribution in [3.8, 4) is 23.2 Å². The number of nitriles is 1. The van der Waals surface area contributed by atoms with Gasteiger partial charge in [-0.1, -0.05) is 12.1 Å². The maximum atomic E-state index is 8.82. The van der Waals surface area contributed by atoms with E-state index in [1.165, 1.54) is 0 Å². The molecule has 0 saturated heterocycles. The molecular formula is C16H13N5O. The lowest BCUT2D eigenvalue weighted by atomic mass is 10.1. The molecule has 0 unspecified atom stereocenters. The Morgan fingerprint density at radius 1 is 1.09 bits per heavy atom. The summed E-state index contributed by atoms with van der Waals surface area (Å²) in [6, 6.07) is 17.0.